The summed E-state index contributed by atoms with van der Waals surface area (Å²) in [5.74, 6) is 0.915. The molecule has 1 rings (SSSR count). The third-order valence-electron chi connectivity index (χ3n) is 2.04. The van der Waals surface area contributed by atoms with Crippen molar-refractivity contribution >= 4 is 6.09 Å². The second-order valence-electron chi connectivity index (χ2n) is 3.85. The molecule has 18 heavy (non-hydrogen) atoms. The lowest BCUT2D eigenvalue weighted by atomic mass is 10.2. The van der Waals surface area contributed by atoms with E-state index in [9.17, 15) is 4.79 Å². The van der Waals surface area contributed by atoms with Crippen LogP contribution in [-0.2, 0) is 9.68 Å². The topological polar surface area (TPSA) is 73.8 Å². The normalized spacial score (nSPS) is 10.6. The van der Waals surface area contributed by atoms with Gasteiger partial charge in [0.25, 0.3) is 0 Å². The number of amides is 1. The van der Waals surface area contributed by atoms with Gasteiger partial charge in [-0.1, -0.05) is 13.8 Å². The van der Waals surface area contributed by atoms with E-state index in [1.165, 1.54) is 14.2 Å². The maximum Gasteiger partial charge on any atom is 0.466 e. The first kappa shape index (κ1) is 14.3. The first-order chi connectivity index (χ1) is 8.47. The molecule has 1 aromatic heterocycles. The zero-order valence-electron chi connectivity index (χ0n) is 11.1. The molecule has 0 fully saturated rings. The number of carbonyl (C=O) groups is 1. The Hall–Kier alpha value is -1.73. The van der Waals surface area contributed by atoms with Gasteiger partial charge in [-0.05, 0) is 12.2 Å². The van der Waals surface area contributed by atoms with Crippen LogP contribution in [0.2, 0.25) is 0 Å². The van der Waals surface area contributed by atoms with Crippen molar-refractivity contribution in [2.24, 2.45) is 0 Å². The van der Waals surface area contributed by atoms with E-state index in [0.29, 0.717) is 11.1 Å². The highest BCUT2D eigenvalue weighted by atomic mass is 17.0. The molecule has 7 nitrogen and oxygen atoms in total. The summed E-state index contributed by atoms with van der Waals surface area (Å²) in [4.78, 5) is 29.2. The van der Waals surface area contributed by atoms with E-state index in [1.807, 2.05) is 13.8 Å². The Morgan fingerprint density at radius 1 is 1.28 bits per heavy atom. The molecule has 1 heterocycles. The highest BCUT2D eigenvalue weighted by molar-refractivity contribution is 5.67. The molecule has 0 unspecified atom stereocenters. The first-order valence-electron chi connectivity index (χ1n) is 5.43. The third-order valence-corrected chi connectivity index (χ3v) is 2.04. The van der Waals surface area contributed by atoms with Crippen LogP contribution >= 0.6 is 0 Å². The Balaban J connectivity index is 2.87. The highest BCUT2D eigenvalue weighted by Gasteiger charge is 2.17. The van der Waals surface area contributed by atoms with Gasteiger partial charge in [-0.25, -0.2) is 19.5 Å². The Labute approximate surface area is 106 Å². The average Bonchev–Trinajstić information content (AvgIpc) is 2.29. The minimum absolute atomic E-state index is 0.142. The molecule has 0 saturated heterocycles. The third kappa shape index (κ3) is 3.64. The molecular formula is C11H17N3O4. The minimum Gasteiger partial charge on any atom is -0.388 e. The van der Waals surface area contributed by atoms with Gasteiger partial charge >= 0.3 is 6.09 Å². The number of hydrogen-bond acceptors (Lipinski definition) is 6. The van der Waals surface area contributed by atoms with Gasteiger partial charge in [-0.3, -0.25) is 0 Å². The lowest BCUT2D eigenvalue weighted by molar-refractivity contribution is -0.305. The SMILES string of the molecule is CON(OC)C(=O)Oc1cc(C)nc(C(C)C)n1. The largest absolute Gasteiger partial charge is 0.466 e. The van der Waals surface area contributed by atoms with Crippen molar-refractivity contribution in [1.29, 1.82) is 0 Å². The van der Waals surface area contributed by atoms with Crippen molar-refractivity contribution < 1.29 is 19.2 Å². The molecular weight excluding hydrogens is 238 g/mol. The van der Waals surface area contributed by atoms with Crippen LogP contribution in [0.15, 0.2) is 6.07 Å². The predicted octanol–water partition coefficient (Wildman–Crippen LogP) is 1.83. The number of hydroxylamine groups is 2. The maximum absolute atomic E-state index is 11.6. The highest BCUT2D eigenvalue weighted by Crippen LogP contribution is 2.15. The van der Waals surface area contributed by atoms with E-state index in [-0.39, 0.29) is 11.8 Å². The molecule has 0 aromatic carbocycles. The fourth-order valence-corrected chi connectivity index (χ4v) is 1.22. The first-order valence-corrected chi connectivity index (χ1v) is 5.43. The van der Waals surface area contributed by atoms with Gasteiger partial charge in [-0.15, -0.1) is 0 Å². The number of ether oxygens (including phenoxy) is 1. The summed E-state index contributed by atoms with van der Waals surface area (Å²) in [6.07, 6.45) is -0.812. The molecule has 0 aliphatic carbocycles. The molecule has 0 bridgehead atoms. The van der Waals surface area contributed by atoms with Gasteiger partial charge in [0.2, 0.25) is 5.88 Å². The summed E-state index contributed by atoms with van der Waals surface area (Å²) in [5.41, 5.74) is 0.720. The number of nitrogens with zero attached hydrogens (tertiary/aromatic N) is 3. The molecule has 100 valence electrons. The number of rotatable bonds is 4. The van der Waals surface area contributed by atoms with E-state index in [1.54, 1.807) is 13.0 Å². The van der Waals surface area contributed by atoms with Crippen molar-refractivity contribution in [3.63, 3.8) is 0 Å². The van der Waals surface area contributed by atoms with E-state index < -0.39 is 6.09 Å². The summed E-state index contributed by atoms with van der Waals surface area (Å²) in [6.45, 7) is 5.71. The van der Waals surface area contributed by atoms with Gasteiger partial charge in [0.1, 0.15) is 5.82 Å². The predicted molar refractivity (Wildman–Crippen MR) is 62.7 cm³/mol. The van der Waals surface area contributed by atoms with Gasteiger partial charge in [0.15, 0.2) is 0 Å². The number of hydrogen-bond donors (Lipinski definition) is 0. The summed E-state index contributed by atoms with van der Waals surface area (Å²) < 4.78 is 5.02. The van der Waals surface area contributed by atoms with Crippen molar-refractivity contribution in [2.45, 2.75) is 26.7 Å². The van der Waals surface area contributed by atoms with Crippen LogP contribution in [0.25, 0.3) is 0 Å². The van der Waals surface area contributed by atoms with E-state index in [2.05, 4.69) is 19.6 Å². The Bertz CT molecular complexity index is 419. The molecule has 0 atom stereocenters. The summed E-state index contributed by atoms with van der Waals surface area (Å²) in [6, 6.07) is 1.56. The number of aryl methyl sites for hydroxylation is 1. The van der Waals surface area contributed by atoms with Crippen LogP contribution < -0.4 is 4.74 Å². The Kier molecular flexibility index (Phi) is 4.99. The zero-order valence-corrected chi connectivity index (χ0v) is 11.1. The van der Waals surface area contributed by atoms with Gasteiger partial charge < -0.3 is 4.74 Å². The summed E-state index contributed by atoms with van der Waals surface area (Å²) in [7, 11) is 2.57. The molecule has 0 radical (unpaired) electrons. The number of carbonyl (C=O) groups excluding carboxylic acids is 1. The van der Waals surface area contributed by atoms with Crippen LogP contribution in [0, 0.1) is 6.92 Å². The zero-order chi connectivity index (χ0) is 13.7. The van der Waals surface area contributed by atoms with E-state index in [0.717, 1.165) is 5.69 Å². The van der Waals surface area contributed by atoms with Gasteiger partial charge in [0.05, 0.1) is 14.2 Å². The summed E-state index contributed by atoms with van der Waals surface area (Å²) in [5, 5.41) is 0.604. The van der Waals surface area contributed by atoms with Crippen LogP contribution in [0.3, 0.4) is 0 Å². The van der Waals surface area contributed by atoms with E-state index >= 15 is 0 Å². The van der Waals surface area contributed by atoms with Crippen LogP contribution in [0.1, 0.15) is 31.3 Å². The van der Waals surface area contributed by atoms with Crippen LogP contribution in [-0.4, -0.2) is 35.5 Å². The Morgan fingerprint density at radius 2 is 1.89 bits per heavy atom. The lowest BCUT2D eigenvalue weighted by Gasteiger charge is -2.15. The fourth-order valence-electron chi connectivity index (χ4n) is 1.22. The van der Waals surface area contributed by atoms with Gasteiger partial charge in [-0.2, -0.15) is 4.98 Å². The Morgan fingerprint density at radius 3 is 2.39 bits per heavy atom. The average molecular weight is 255 g/mol. The van der Waals surface area contributed by atoms with Crippen molar-refractivity contribution in [3.05, 3.63) is 17.6 Å². The second kappa shape index (κ2) is 6.27. The quantitative estimate of drug-likeness (QED) is 0.764. The standard InChI is InChI=1S/C11H17N3O4/c1-7(2)10-12-8(3)6-9(13-10)18-11(15)14(16-4)17-5/h6-7H,1-5H3. The smallest absolute Gasteiger partial charge is 0.388 e. The van der Waals surface area contributed by atoms with Crippen LogP contribution in [0.4, 0.5) is 4.79 Å². The van der Waals surface area contributed by atoms with Crippen molar-refractivity contribution in [2.75, 3.05) is 14.2 Å². The monoisotopic (exact) mass is 255 g/mol. The van der Waals surface area contributed by atoms with Crippen LogP contribution in [0.5, 0.6) is 5.88 Å². The molecule has 1 amide bonds. The molecule has 0 N–H and O–H groups in total. The lowest BCUT2D eigenvalue weighted by Crippen LogP contribution is -2.31. The van der Waals surface area contributed by atoms with E-state index in [4.69, 9.17) is 4.74 Å². The fraction of sp³-hybridized carbons (Fsp3) is 0.545. The number of aromatic nitrogens is 2. The minimum atomic E-state index is -0.812. The summed E-state index contributed by atoms with van der Waals surface area (Å²) >= 11 is 0. The van der Waals surface area contributed by atoms with Crippen molar-refractivity contribution in [3.8, 4) is 5.88 Å². The molecule has 0 aliphatic rings. The second-order valence-corrected chi connectivity index (χ2v) is 3.85. The molecule has 7 heteroatoms. The van der Waals surface area contributed by atoms with Gasteiger partial charge in [0, 0.05) is 17.7 Å². The molecule has 1 aromatic rings. The maximum atomic E-state index is 11.6. The molecule has 0 spiro atoms. The molecule has 0 saturated carbocycles. The van der Waals surface area contributed by atoms with Crippen molar-refractivity contribution in [1.82, 2.24) is 15.2 Å². The molecule has 0 aliphatic heterocycles.